The van der Waals surface area contributed by atoms with Crippen molar-refractivity contribution in [1.82, 2.24) is 0 Å². The number of esters is 2. The molecule has 0 fully saturated rings. The lowest BCUT2D eigenvalue weighted by Crippen LogP contribution is -2.04. The Morgan fingerprint density at radius 1 is 1.00 bits per heavy atom. The minimum atomic E-state index is -0.429. The van der Waals surface area contributed by atoms with E-state index in [1.165, 1.54) is 38.5 Å². The topological polar surface area (TPSA) is 72.8 Å². The van der Waals surface area contributed by atoms with Gasteiger partial charge in [0.1, 0.15) is 0 Å². The Bertz CT molecular complexity index is 321. The van der Waals surface area contributed by atoms with Crippen LogP contribution in [-0.4, -0.2) is 37.9 Å². The van der Waals surface area contributed by atoms with Crippen molar-refractivity contribution < 1.29 is 24.2 Å². The molecular weight excluding hydrogens is 224 g/mol. The predicted octanol–water partition coefficient (Wildman–Crippen LogP) is 1.26. The van der Waals surface area contributed by atoms with Gasteiger partial charge in [-0.25, -0.2) is 9.59 Å². The number of benzene rings is 1. The van der Waals surface area contributed by atoms with E-state index in [1.807, 2.05) is 0 Å². The number of hydrogen-bond donors (Lipinski definition) is 1. The Morgan fingerprint density at radius 2 is 1.24 bits per heavy atom. The van der Waals surface area contributed by atoms with Gasteiger partial charge in [-0.05, 0) is 31.2 Å². The highest BCUT2D eigenvalue weighted by molar-refractivity contribution is 5.93. The van der Waals surface area contributed by atoms with Crippen molar-refractivity contribution in [2.45, 2.75) is 6.92 Å². The lowest BCUT2D eigenvalue weighted by atomic mass is 10.1. The van der Waals surface area contributed by atoms with Gasteiger partial charge in [0.15, 0.2) is 0 Å². The average molecular weight is 240 g/mol. The molecule has 0 aliphatic heterocycles. The summed E-state index contributed by atoms with van der Waals surface area (Å²) in [5, 5.41) is 7.57. The Labute approximate surface area is 100.0 Å². The third-order valence-corrected chi connectivity index (χ3v) is 1.73. The van der Waals surface area contributed by atoms with Gasteiger partial charge in [0.05, 0.1) is 25.3 Å². The zero-order valence-corrected chi connectivity index (χ0v) is 10.1. The van der Waals surface area contributed by atoms with E-state index in [9.17, 15) is 9.59 Å². The first-order valence-electron chi connectivity index (χ1n) is 4.98. The second kappa shape index (κ2) is 8.29. The van der Waals surface area contributed by atoms with Crippen molar-refractivity contribution in [3.63, 3.8) is 0 Å². The van der Waals surface area contributed by atoms with Gasteiger partial charge in [0.2, 0.25) is 0 Å². The van der Waals surface area contributed by atoms with E-state index in [0.717, 1.165) is 0 Å². The van der Waals surface area contributed by atoms with Crippen LogP contribution < -0.4 is 0 Å². The molecule has 0 atom stereocenters. The Morgan fingerprint density at radius 3 is 1.41 bits per heavy atom. The number of rotatable bonds is 2. The molecule has 1 aromatic carbocycles. The largest absolute Gasteiger partial charge is 0.465 e. The highest BCUT2D eigenvalue weighted by Gasteiger charge is 2.08. The molecule has 5 nitrogen and oxygen atoms in total. The quantitative estimate of drug-likeness (QED) is 0.788. The number of ether oxygens (including phenoxy) is 2. The van der Waals surface area contributed by atoms with Crippen LogP contribution in [-0.2, 0) is 9.47 Å². The van der Waals surface area contributed by atoms with Gasteiger partial charge in [-0.1, -0.05) is 0 Å². The summed E-state index contributed by atoms with van der Waals surface area (Å²) in [6, 6.07) is 6.05. The summed E-state index contributed by atoms with van der Waals surface area (Å²) in [6.07, 6.45) is 0. The Balaban J connectivity index is 0.000000770. The van der Waals surface area contributed by atoms with Crippen molar-refractivity contribution in [1.29, 1.82) is 0 Å². The summed E-state index contributed by atoms with van der Waals surface area (Å²) in [5.74, 6) is -0.858. The molecule has 0 aliphatic rings. The molecular formula is C12H16O5. The first-order chi connectivity index (χ1) is 8.10. The normalized spacial score (nSPS) is 8.71. The number of aliphatic hydroxyl groups excluding tert-OH is 1. The fraction of sp³-hybridized carbons (Fsp3) is 0.333. The molecule has 1 rings (SSSR count). The lowest BCUT2D eigenvalue weighted by molar-refractivity contribution is 0.0586. The summed E-state index contributed by atoms with van der Waals surface area (Å²) < 4.78 is 9.02. The van der Waals surface area contributed by atoms with Crippen LogP contribution in [0.25, 0.3) is 0 Å². The maximum atomic E-state index is 11.0. The number of methoxy groups -OCH3 is 2. The smallest absolute Gasteiger partial charge is 0.337 e. The van der Waals surface area contributed by atoms with Crippen molar-refractivity contribution in [3.05, 3.63) is 35.4 Å². The monoisotopic (exact) mass is 240 g/mol. The standard InChI is InChI=1S/C10H10O4.C2H6O/c1-13-9(11)7-3-5-8(6-4-7)10(12)14-2;1-2-3/h3-6H,1-2H3;3H,2H2,1H3. The minimum Gasteiger partial charge on any atom is -0.465 e. The third-order valence-electron chi connectivity index (χ3n) is 1.73. The Kier molecular flexibility index (Phi) is 7.38. The minimum absolute atomic E-state index is 0.250. The molecule has 17 heavy (non-hydrogen) atoms. The molecule has 1 N–H and O–H groups in total. The van der Waals surface area contributed by atoms with Crippen LogP contribution >= 0.6 is 0 Å². The van der Waals surface area contributed by atoms with Crippen LogP contribution in [0.1, 0.15) is 27.6 Å². The maximum Gasteiger partial charge on any atom is 0.337 e. The van der Waals surface area contributed by atoms with E-state index >= 15 is 0 Å². The van der Waals surface area contributed by atoms with Gasteiger partial charge in [0.25, 0.3) is 0 Å². The zero-order chi connectivity index (χ0) is 13.3. The van der Waals surface area contributed by atoms with E-state index in [-0.39, 0.29) is 6.61 Å². The van der Waals surface area contributed by atoms with E-state index in [1.54, 1.807) is 6.92 Å². The van der Waals surface area contributed by atoms with Crippen LogP contribution in [0.3, 0.4) is 0 Å². The molecule has 5 heteroatoms. The molecule has 0 spiro atoms. The van der Waals surface area contributed by atoms with Gasteiger partial charge in [-0.2, -0.15) is 0 Å². The molecule has 0 saturated carbocycles. The van der Waals surface area contributed by atoms with E-state index in [0.29, 0.717) is 11.1 Å². The second-order valence-corrected chi connectivity index (χ2v) is 2.88. The molecule has 1 aromatic rings. The van der Waals surface area contributed by atoms with Crippen LogP contribution in [0, 0.1) is 0 Å². The summed E-state index contributed by atoms with van der Waals surface area (Å²) in [5.41, 5.74) is 0.806. The highest BCUT2D eigenvalue weighted by Crippen LogP contribution is 2.06. The van der Waals surface area contributed by atoms with E-state index < -0.39 is 11.9 Å². The van der Waals surface area contributed by atoms with Gasteiger partial charge in [-0.15, -0.1) is 0 Å². The number of aliphatic hydroxyl groups is 1. The lowest BCUT2D eigenvalue weighted by Gasteiger charge is -2.00. The molecule has 0 unspecified atom stereocenters. The molecule has 0 bridgehead atoms. The third kappa shape index (κ3) is 5.12. The fourth-order valence-electron chi connectivity index (χ4n) is 0.978. The SMILES string of the molecule is CCO.COC(=O)c1ccc(C(=O)OC)cc1. The summed E-state index contributed by atoms with van der Waals surface area (Å²) in [6.45, 7) is 1.93. The fourth-order valence-corrected chi connectivity index (χ4v) is 0.978. The van der Waals surface area contributed by atoms with Crippen LogP contribution in [0.4, 0.5) is 0 Å². The number of carbonyl (C=O) groups excluding carboxylic acids is 2. The highest BCUT2D eigenvalue weighted by atomic mass is 16.5. The van der Waals surface area contributed by atoms with Crippen molar-refractivity contribution >= 4 is 11.9 Å². The zero-order valence-electron chi connectivity index (χ0n) is 10.1. The van der Waals surface area contributed by atoms with Crippen LogP contribution in [0.2, 0.25) is 0 Å². The molecule has 0 saturated heterocycles. The number of hydrogen-bond acceptors (Lipinski definition) is 5. The summed E-state index contributed by atoms with van der Waals surface area (Å²) in [7, 11) is 2.60. The van der Waals surface area contributed by atoms with Crippen molar-refractivity contribution in [2.24, 2.45) is 0 Å². The summed E-state index contributed by atoms with van der Waals surface area (Å²) in [4.78, 5) is 22.1. The first-order valence-corrected chi connectivity index (χ1v) is 4.98. The second-order valence-electron chi connectivity index (χ2n) is 2.88. The number of carbonyl (C=O) groups is 2. The van der Waals surface area contributed by atoms with E-state index in [4.69, 9.17) is 5.11 Å². The first kappa shape index (κ1) is 15.1. The summed E-state index contributed by atoms with van der Waals surface area (Å²) >= 11 is 0. The van der Waals surface area contributed by atoms with Crippen molar-refractivity contribution in [3.8, 4) is 0 Å². The van der Waals surface area contributed by atoms with Gasteiger partial charge < -0.3 is 14.6 Å². The molecule has 0 aliphatic carbocycles. The van der Waals surface area contributed by atoms with E-state index in [2.05, 4.69) is 9.47 Å². The average Bonchev–Trinajstić information content (AvgIpc) is 2.38. The molecule has 0 aromatic heterocycles. The molecule has 94 valence electrons. The van der Waals surface area contributed by atoms with Crippen LogP contribution in [0.5, 0.6) is 0 Å². The van der Waals surface area contributed by atoms with Gasteiger partial charge >= 0.3 is 11.9 Å². The Hall–Kier alpha value is -1.88. The predicted molar refractivity (Wildman–Crippen MR) is 61.9 cm³/mol. The van der Waals surface area contributed by atoms with Gasteiger partial charge in [-0.3, -0.25) is 0 Å². The maximum absolute atomic E-state index is 11.0. The van der Waals surface area contributed by atoms with Crippen LogP contribution in [0.15, 0.2) is 24.3 Å². The molecule has 0 heterocycles. The van der Waals surface area contributed by atoms with Crippen molar-refractivity contribution in [2.75, 3.05) is 20.8 Å². The molecule has 0 amide bonds. The molecule has 0 radical (unpaired) electrons. The van der Waals surface area contributed by atoms with Gasteiger partial charge in [0, 0.05) is 6.61 Å².